The van der Waals surface area contributed by atoms with Crippen LogP contribution in [0.2, 0.25) is 0 Å². The van der Waals surface area contributed by atoms with E-state index in [4.69, 9.17) is 23.7 Å². The van der Waals surface area contributed by atoms with E-state index in [0.29, 0.717) is 0 Å². The highest BCUT2D eigenvalue weighted by molar-refractivity contribution is 7.91. The first-order valence-electron chi connectivity index (χ1n) is 7.58. The third kappa shape index (κ3) is 3.61. The molecule has 0 saturated carbocycles. The van der Waals surface area contributed by atoms with Gasteiger partial charge in [-0.2, -0.15) is 0 Å². The molecule has 0 amide bonds. The van der Waals surface area contributed by atoms with Crippen LogP contribution in [0.3, 0.4) is 0 Å². The van der Waals surface area contributed by atoms with Gasteiger partial charge >= 0.3 is 0 Å². The molecule has 0 spiro atoms. The lowest BCUT2D eigenvalue weighted by Crippen LogP contribution is -2.33. The zero-order chi connectivity index (χ0) is 17.4. The zero-order valence-corrected chi connectivity index (χ0v) is 14.6. The Hall–Kier alpha value is -1.10. The number of aromatic nitrogens is 1. The van der Waals surface area contributed by atoms with Crippen LogP contribution in [0.5, 0.6) is 0 Å². The molecule has 0 N–H and O–H groups in total. The van der Waals surface area contributed by atoms with Crippen molar-refractivity contribution >= 4 is 9.84 Å². The van der Waals surface area contributed by atoms with Crippen molar-refractivity contribution in [3.05, 3.63) is 24.4 Å². The van der Waals surface area contributed by atoms with E-state index in [1.165, 1.54) is 19.4 Å². The first-order chi connectivity index (χ1) is 11.3. The molecular formula is C15H21NO7S. The van der Waals surface area contributed by atoms with Gasteiger partial charge in [-0.15, -0.1) is 0 Å². The predicted molar refractivity (Wildman–Crippen MR) is 81.7 cm³/mol. The summed E-state index contributed by atoms with van der Waals surface area (Å²) >= 11 is 0. The van der Waals surface area contributed by atoms with E-state index >= 15 is 0 Å². The van der Waals surface area contributed by atoms with E-state index in [0.717, 1.165) is 0 Å². The Balaban J connectivity index is 1.59. The fraction of sp³-hybridized carbons (Fsp3) is 0.667. The lowest BCUT2D eigenvalue weighted by molar-refractivity contribution is -0.231. The van der Waals surface area contributed by atoms with E-state index in [-0.39, 0.29) is 23.8 Å². The average Bonchev–Trinajstić information content (AvgIpc) is 3.02. The number of sulfone groups is 1. The summed E-state index contributed by atoms with van der Waals surface area (Å²) in [6.07, 6.45) is -0.362. The van der Waals surface area contributed by atoms with Gasteiger partial charge in [-0.05, 0) is 26.0 Å². The number of methoxy groups -OCH3 is 1. The van der Waals surface area contributed by atoms with E-state index in [9.17, 15) is 8.42 Å². The number of fused-ring (bicyclic) bond motifs is 1. The van der Waals surface area contributed by atoms with E-state index < -0.39 is 34.0 Å². The molecule has 0 aliphatic carbocycles. The van der Waals surface area contributed by atoms with Gasteiger partial charge < -0.3 is 23.7 Å². The highest BCUT2D eigenvalue weighted by atomic mass is 32.2. The standard InChI is InChI=1S/C15H21NO7S/c1-15(2)22-12-10(21-14(19-3)13(12)23-15)8-20-9-24(17,18)11-6-4-5-7-16-11/h4-7,10,12-14H,8-9H2,1-3H3/t10-,12-,13-,14?/m1/s1. The molecule has 3 heterocycles. The van der Waals surface area contributed by atoms with Crippen molar-refractivity contribution in [1.82, 2.24) is 4.98 Å². The third-order valence-electron chi connectivity index (χ3n) is 3.82. The van der Waals surface area contributed by atoms with Crippen molar-refractivity contribution in [2.75, 3.05) is 19.7 Å². The molecule has 0 radical (unpaired) electrons. The van der Waals surface area contributed by atoms with Crippen LogP contribution in [-0.2, 0) is 33.5 Å². The summed E-state index contributed by atoms with van der Waals surface area (Å²) in [4.78, 5) is 3.83. The van der Waals surface area contributed by atoms with Gasteiger partial charge in [-0.3, -0.25) is 0 Å². The van der Waals surface area contributed by atoms with Gasteiger partial charge in [0.2, 0.25) is 9.84 Å². The maximum atomic E-state index is 12.1. The molecule has 4 atom stereocenters. The summed E-state index contributed by atoms with van der Waals surface area (Å²) in [7, 11) is -2.09. The Morgan fingerprint density at radius 2 is 2.00 bits per heavy atom. The number of pyridine rings is 1. The summed E-state index contributed by atoms with van der Waals surface area (Å²) in [5.74, 6) is -1.22. The van der Waals surface area contributed by atoms with Gasteiger partial charge in [0.25, 0.3) is 0 Å². The molecule has 1 unspecified atom stereocenters. The molecule has 1 aromatic rings. The van der Waals surface area contributed by atoms with Crippen LogP contribution in [0.4, 0.5) is 0 Å². The molecule has 0 aromatic carbocycles. The van der Waals surface area contributed by atoms with Gasteiger partial charge in [0.15, 0.2) is 23.0 Å². The summed E-state index contributed by atoms with van der Waals surface area (Å²) in [6, 6.07) is 4.69. The Bertz CT molecular complexity index is 664. The highest BCUT2D eigenvalue weighted by Gasteiger charge is 2.55. The molecule has 8 nitrogen and oxygen atoms in total. The minimum absolute atomic E-state index is 0.0217. The molecule has 2 fully saturated rings. The third-order valence-corrected chi connectivity index (χ3v) is 5.17. The molecule has 134 valence electrons. The number of nitrogens with zero attached hydrogens (tertiary/aromatic N) is 1. The highest BCUT2D eigenvalue weighted by Crippen LogP contribution is 2.38. The zero-order valence-electron chi connectivity index (χ0n) is 13.7. The Labute approximate surface area is 140 Å². The Morgan fingerprint density at radius 1 is 1.25 bits per heavy atom. The van der Waals surface area contributed by atoms with Gasteiger partial charge in [-0.1, -0.05) is 6.07 Å². The average molecular weight is 359 g/mol. The smallest absolute Gasteiger partial charge is 0.219 e. The largest absolute Gasteiger partial charge is 0.362 e. The maximum absolute atomic E-state index is 12.1. The number of rotatable bonds is 6. The van der Waals surface area contributed by atoms with Crippen LogP contribution in [0.1, 0.15) is 13.8 Å². The quantitative estimate of drug-likeness (QED) is 0.734. The lowest BCUT2D eigenvalue weighted by Gasteiger charge is -2.23. The summed E-state index contributed by atoms with van der Waals surface area (Å²) < 4.78 is 52.2. The van der Waals surface area contributed by atoms with Gasteiger partial charge in [0, 0.05) is 13.3 Å². The Morgan fingerprint density at radius 3 is 2.67 bits per heavy atom. The topological polar surface area (TPSA) is 93.2 Å². The second kappa shape index (κ2) is 6.66. The van der Waals surface area contributed by atoms with Crippen molar-refractivity contribution in [2.45, 2.75) is 49.3 Å². The van der Waals surface area contributed by atoms with Crippen LogP contribution >= 0.6 is 0 Å². The van der Waals surface area contributed by atoms with E-state index in [1.54, 1.807) is 12.1 Å². The molecule has 2 aliphatic heterocycles. The Kier molecular flexibility index (Phi) is 4.92. The second-order valence-electron chi connectivity index (χ2n) is 6.11. The minimum atomic E-state index is -3.61. The van der Waals surface area contributed by atoms with Crippen LogP contribution in [0, 0.1) is 0 Å². The monoisotopic (exact) mass is 359 g/mol. The molecule has 24 heavy (non-hydrogen) atoms. The number of ether oxygens (including phenoxy) is 5. The van der Waals surface area contributed by atoms with Crippen molar-refractivity contribution in [3.63, 3.8) is 0 Å². The van der Waals surface area contributed by atoms with Crippen LogP contribution < -0.4 is 0 Å². The lowest BCUT2D eigenvalue weighted by atomic mass is 10.1. The van der Waals surface area contributed by atoms with E-state index in [2.05, 4.69) is 4.98 Å². The predicted octanol–water partition coefficient (Wildman–Crippen LogP) is 0.721. The van der Waals surface area contributed by atoms with Gasteiger partial charge in [-0.25, -0.2) is 13.4 Å². The number of hydrogen-bond acceptors (Lipinski definition) is 8. The minimum Gasteiger partial charge on any atom is -0.362 e. The second-order valence-corrected chi connectivity index (χ2v) is 8.00. The van der Waals surface area contributed by atoms with Crippen molar-refractivity contribution < 1.29 is 32.1 Å². The fourth-order valence-corrected chi connectivity index (χ4v) is 3.78. The molecule has 0 bridgehead atoms. The molecule has 2 saturated heterocycles. The normalized spacial score (nSPS) is 32.0. The van der Waals surface area contributed by atoms with Crippen LogP contribution in [-0.4, -0.2) is 63.4 Å². The summed E-state index contributed by atoms with van der Waals surface area (Å²) in [5, 5.41) is -0.0217. The van der Waals surface area contributed by atoms with Crippen molar-refractivity contribution in [1.29, 1.82) is 0 Å². The van der Waals surface area contributed by atoms with Crippen molar-refractivity contribution in [3.8, 4) is 0 Å². The fourth-order valence-electron chi connectivity index (χ4n) is 2.83. The molecule has 1 aromatic heterocycles. The maximum Gasteiger partial charge on any atom is 0.219 e. The summed E-state index contributed by atoms with van der Waals surface area (Å²) in [6.45, 7) is 3.66. The summed E-state index contributed by atoms with van der Waals surface area (Å²) in [5.41, 5.74) is 0. The molecule has 9 heteroatoms. The van der Waals surface area contributed by atoms with Gasteiger partial charge in [0.1, 0.15) is 18.3 Å². The van der Waals surface area contributed by atoms with Crippen LogP contribution in [0.15, 0.2) is 29.4 Å². The first-order valence-corrected chi connectivity index (χ1v) is 9.23. The molecule has 2 aliphatic rings. The molecular weight excluding hydrogens is 338 g/mol. The van der Waals surface area contributed by atoms with E-state index in [1.807, 2.05) is 13.8 Å². The number of hydrogen-bond donors (Lipinski definition) is 0. The molecule has 3 rings (SSSR count). The first kappa shape index (κ1) is 17.7. The van der Waals surface area contributed by atoms with Crippen LogP contribution in [0.25, 0.3) is 0 Å². The SMILES string of the molecule is COC1O[C@H](COCS(=O)(=O)c2ccccn2)[C@H]2OC(C)(C)O[C@@H]12. The van der Waals surface area contributed by atoms with Crippen molar-refractivity contribution in [2.24, 2.45) is 0 Å². The van der Waals surface area contributed by atoms with Gasteiger partial charge in [0.05, 0.1) is 6.61 Å².